The van der Waals surface area contributed by atoms with Gasteiger partial charge in [-0.05, 0) is 58.2 Å². The molecule has 1 saturated heterocycles. The molecule has 1 fully saturated rings. The summed E-state index contributed by atoms with van der Waals surface area (Å²) in [6.07, 6.45) is 5.19. The molecule has 0 radical (unpaired) electrons. The predicted octanol–water partition coefficient (Wildman–Crippen LogP) is 2.23. The molecular weight excluding hydrogens is 272 g/mol. The molecule has 1 N–H and O–H groups in total. The van der Waals surface area contributed by atoms with Crippen molar-refractivity contribution in [3.05, 3.63) is 10.6 Å². The molecule has 0 atom stereocenters. The molecule has 0 aromatic carbocycles. The van der Waals surface area contributed by atoms with Gasteiger partial charge in [-0.25, -0.2) is 0 Å². The third kappa shape index (κ3) is 4.24. The first kappa shape index (κ1) is 15.4. The van der Waals surface area contributed by atoms with E-state index in [4.69, 9.17) is 0 Å². The number of likely N-dealkylation sites (tertiary alicyclic amines) is 1. The molecule has 6 heteroatoms. The van der Waals surface area contributed by atoms with Crippen molar-refractivity contribution in [2.45, 2.75) is 52.0 Å². The molecule has 0 unspecified atom stereocenters. The van der Waals surface area contributed by atoms with Crippen LogP contribution >= 0.6 is 11.5 Å². The van der Waals surface area contributed by atoms with E-state index in [0.717, 1.165) is 31.2 Å². The quantitative estimate of drug-likeness (QED) is 0.925. The van der Waals surface area contributed by atoms with E-state index in [1.165, 1.54) is 25.7 Å². The Hall–Kier alpha value is -1.01. The van der Waals surface area contributed by atoms with Crippen LogP contribution in [0.2, 0.25) is 0 Å². The zero-order chi connectivity index (χ0) is 14.6. The average molecular weight is 296 g/mol. The van der Waals surface area contributed by atoms with Gasteiger partial charge in [-0.2, -0.15) is 0 Å². The monoisotopic (exact) mass is 296 g/mol. The molecule has 0 aliphatic carbocycles. The maximum Gasteiger partial charge on any atom is 0.265 e. The van der Waals surface area contributed by atoms with Crippen LogP contribution in [-0.4, -0.2) is 45.6 Å². The first-order valence-corrected chi connectivity index (χ1v) is 8.09. The molecule has 1 aliphatic heterocycles. The summed E-state index contributed by atoms with van der Waals surface area (Å²) >= 11 is 1.16. The lowest BCUT2D eigenvalue weighted by Crippen LogP contribution is -2.51. The molecule has 0 saturated carbocycles. The third-order valence-corrected chi connectivity index (χ3v) is 4.45. The highest BCUT2D eigenvalue weighted by Crippen LogP contribution is 2.15. The number of rotatable bonds is 4. The van der Waals surface area contributed by atoms with E-state index >= 15 is 0 Å². The van der Waals surface area contributed by atoms with Crippen LogP contribution in [0.3, 0.4) is 0 Å². The van der Waals surface area contributed by atoms with Gasteiger partial charge in [0.25, 0.3) is 5.91 Å². The average Bonchev–Trinajstić information content (AvgIpc) is 2.63. The maximum absolute atomic E-state index is 12.3. The highest BCUT2D eigenvalue weighted by Gasteiger charge is 2.26. The Morgan fingerprint density at radius 1 is 1.30 bits per heavy atom. The molecule has 20 heavy (non-hydrogen) atoms. The minimum Gasteiger partial charge on any atom is -0.345 e. The number of carbonyl (C=O) groups excluding carboxylic acids is 1. The fourth-order valence-electron chi connectivity index (χ4n) is 2.70. The van der Waals surface area contributed by atoms with Crippen LogP contribution in [0.5, 0.6) is 0 Å². The van der Waals surface area contributed by atoms with E-state index in [9.17, 15) is 4.79 Å². The number of hydrogen-bond donors (Lipinski definition) is 1. The van der Waals surface area contributed by atoms with Crippen molar-refractivity contribution < 1.29 is 4.79 Å². The molecule has 1 aliphatic rings. The zero-order valence-corrected chi connectivity index (χ0v) is 13.4. The summed E-state index contributed by atoms with van der Waals surface area (Å²) in [4.78, 5) is 15.3. The van der Waals surface area contributed by atoms with Gasteiger partial charge in [-0.3, -0.25) is 4.79 Å². The Morgan fingerprint density at radius 3 is 2.50 bits per heavy atom. The highest BCUT2D eigenvalue weighted by atomic mass is 32.1. The van der Waals surface area contributed by atoms with Crippen molar-refractivity contribution in [3.8, 4) is 0 Å². The third-order valence-electron chi connectivity index (χ3n) is 3.63. The Labute approximate surface area is 124 Å². The van der Waals surface area contributed by atoms with Crippen molar-refractivity contribution in [1.29, 1.82) is 0 Å². The standard InChI is InChI=1S/C14H24N4OS/c1-11-12(20-17-16-11)13(19)15-14(2,3)10-18-8-6-4-5-7-9-18/h4-10H2,1-3H3,(H,15,19). The fourth-order valence-corrected chi connectivity index (χ4v) is 3.25. The number of aryl methyl sites for hydroxylation is 1. The van der Waals surface area contributed by atoms with Crippen molar-refractivity contribution in [2.75, 3.05) is 19.6 Å². The largest absolute Gasteiger partial charge is 0.345 e. The molecule has 0 bridgehead atoms. The molecule has 1 aromatic rings. The summed E-state index contributed by atoms with van der Waals surface area (Å²) in [6.45, 7) is 9.16. The van der Waals surface area contributed by atoms with Gasteiger partial charge in [-0.1, -0.05) is 17.3 Å². The van der Waals surface area contributed by atoms with Crippen molar-refractivity contribution in [3.63, 3.8) is 0 Å². The molecule has 0 spiro atoms. The van der Waals surface area contributed by atoms with Crippen molar-refractivity contribution in [2.24, 2.45) is 0 Å². The number of aromatic nitrogens is 2. The SMILES string of the molecule is Cc1nnsc1C(=O)NC(C)(C)CN1CCCCCC1. The summed E-state index contributed by atoms with van der Waals surface area (Å²) in [6, 6.07) is 0. The lowest BCUT2D eigenvalue weighted by atomic mass is 10.0. The van der Waals surface area contributed by atoms with E-state index in [2.05, 4.69) is 33.7 Å². The number of carbonyl (C=O) groups is 1. The molecule has 1 aromatic heterocycles. The van der Waals surface area contributed by atoms with E-state index in [1.54, 1.807) is 0 Å². The van der Waals surface area contributed by atoms with Gasteiger partial charge in [-0.15, -0.1) is 5.10 Å². The number of hydrogen-bond acceptors (Lipinski definition) is 5. The minimum atomic E-state index is -0.238. The van der Waals surface area contributed by atoms with Crippen LogP contribution in [0.25, 0.3) is 0 Å². The summed E-state index contributed by atoms with van der Waals surface area (Å²) in [5.41, 5.74) is 0.468. The number of nitrogens with zero attached hydrogens (tertiary/aromatic N) is 3. The molecular formula is C14H24N4OS. The van der Waals surface area contributed by atoms with Crippen LogP contribution in [0.4, 0.5) is 0 Å². The smallest absolute Gasteiger partial charge is 0.265 e. The molecule has 112 valence electrons. The second-order valence-electron chi connectivity index (χ2n) is 6.22. The van der Waals surface area contributed by atoms with E-state index in [0.29, 0.717) is 10.6 Å². The normalized spacial score (nSPS) is 17.8. The van der Waals surface area contributed by atoms with Gasteiger partial charge < -0.3 is 10.2 Å². The lowest BCUT2D eigenvalue weighted by molar-refractivity contribution is 0.0891. The zero-order valence-electron chi connectivity index (χ0n) is 12.6. The van der Waals surface area contributed by atoms with Gasteiger partial charge in [0.15, 0.2) is 0 Å². The van der Waals surface area contributed by atoms with Crippen LogP contribution in [0.1, 0.15) is 54.9 Å². The van der Waals surface area contributed by atoms with Gasteiger partial charge in [0, 0.05) is 12.1 Å². The number of amides is 1. The minimum absolute atomic E-state index is 0.0580. The van der Waals surface area contributed by atoms with Crippen LogP contribution < -0.4 is 5.32 Å². The Balaban J connectivity index is 1.92. The van der Waals surface area contributed by atoms with E-state index in [-0.39, 0.29) is 11.4 Å². The summed E-state index contributed by atoms with van der Waals surface area (Å²) < 4.78 is 3.82. The molecule has 5 nitrogen and oxygen atoms in total. The first-order chi connectivity index (χ1) is 9.48. The second-order valence-corrected chi connectivity index (χ2v) is 6.97. The number of nitrogens with one attached hydrogen (secondary N) is 1. The van der Waals surface area contributed by atoms with Gasteiger partial charge in [0.1, 0.15) is 4.88 Å². The summed E-state index contributed by atoms with van der Waals surface area (Å²) in [7, 11) is 0. The van der Waals surface area contributed by atoms with E-state index in [1.807, 2.05) is 6.92 Å². The summed E-state index contributed by atoms with van der Waals surface area (Å²) in [5.74, 6) is -0.0580. The topological polar surface area (TPSA) is 58.1 Å². The fraction of sp³-hybridized carbons (Fsp3) is 0.786. The Kier molecular flexibility index (Phi) is 5.10. The van der Waals surface area contributed by atoms with E-state index < -0.39 is 0 Å². The van der Waals surface area contributed by atoms with Crippen LogP contribution in [-0.2, 0) is 0 Å². The molecule has 2 rings (SSSR count). The summed E-state index contributed by atoms with van der Waals surface area (Å²) in [5, 5.41) is 7.01. The van der Waals surface area contributed by atoms with Gasteiger partial charge in [0.2, 0.25) is 0 Å². The van der Waals surface area contributed by atoms with Crippen molar-refractivity contribution >= 4 is 17.4 Å². The Morgan fingerprint density at radius 2 is 1.95 bits per heavy atom. The lowest BCUT2D eigenvalue weighted by Gasteiger charge is -2.32. The molecule has 2 heterocycles. The van der Waals surface area contributed by atoms with Crippen LogP contribution in [0.15, 0.2) is 0 Å². The highest BCUT2D eigenvalue weighted by molar-refractivity contribution is 7.08. The van der Waals surface area contributed by atoms with Gasteiger partial charge in [0.05, 0.1) is 5.69 Å². The van der Waals surface area contributed by atoms with Crippen molar-refractivity contribution in [1.82, 2.24) is 19.8 Å². The Bertz CT molecular complexity index is 450. The molecule has 1 amide bonds. The second kappa shape index (κ2) is 6.63. The maximum atomic E-state index is 12.3. The van der Waals surface area contributed by atoms with Gasteiger partial charge >= 0.3 is 0 Å². The first-order valence-electron chi connectivity index (χ1n) is 7.32. The predicted molar refractivity (Wildman–Crippen MR) is 81.1 cm³/mol. The van der Waals surface area contributed by atoms with Crippen LogP contribution in [0, 0.1) is 6.92 Å².